The van der Waals surface area contributed by atoms with Crippen molar-refractivity contribution >= 4 is 5.82 Å². The smallest absolute Gasteiger partial charge is 0.128 e. The van der Waals surface area contributed by atoms with E-state index in [1.54, 1.807) is 0 Å². The molecule has 1 aromatic rings. The van der Waals surface area contributed by atoms with Gasteiger partial charge < -0.3 is 15.1 Å². The number of rotatable bonds is 8. The van der Waals surface area contributed by atoms with Gasteiger partial charge >= 0.3 is 0 Å². The summed E-state index contributed by atoms with van der Waals surface area (Å²) < 4.78 is 0. The minimum atomic E-state index is 1.08. The zero-order valence-electron chi connectivity index (χ0n) is 13.5. The number of hydrogen-bond donors (Lipinski definition) is 1. The molecule has 0 unspecified atom stereocenters. The van der Waals surface area contributed by atoms with Crippen molar-refractivity contribution in [3.8, 4) is 0 Å². The fraction of sp³-hybridized carbons (Fsp3) is 0.688. The van der Waals surface area contributed by atoms with E-state index in [0.29, 0.717) is 0 Å². The Kier molecular flexibility index (Phi) is 6.92. The third-order valence-electron chi connectivity index (χ3n) is 3.91. The molecule has 0 aromatic carbocycles. The van der Waals surface area contributed by atoms with Crippen LogP contribution in [-0.4, -0.2) is 81.2 Å². The Morgan fingerprint density at radius 1 is 1.14 bits per heavy atom. The SMILES string of the molecule is CN(C)CCCNCCN1CCN(c2ccccn2)CC1. The summed E-state index contributed by atoms with van der Waals surface area (Å²) in [6.07, 6.45) is 3.10. The Morgan fingerprint density at radius 3 is 2.62 bits per heavy atom. The van der Waals surface area contributed by atoms with E-state index in [2.05, 4.69) is 51.2 Å². The minimum Gasteiger partial charge on any atom is -0.354 e. The number of piperazine rings is 1. The predicted molar refractivity (Wildman–Crippen MR) is 88.9 cm³/mol. The van der Waals surface area contributed by atoms with Crippen molar-refractivity contribution in [2.45, 2.75) is 6.42 Å². The molecule has 0 bridgehead atoms. The Labute approximate surface area is 128 Å². The topological polar surface area (TPSA) is 34.6 Å². The number of anilines is 1. The normalized spacial score (nSPS) is 16.6. The van der Waals surface area contributed by atoms with Crippen LogP contribution >= 0.6 is 0 Å². The van der Waals surface area contributed by atoms with Gasteiger partial charge in [0.1, 0.15) is 5.82 Å². The fourth-order valence-electron chi connectivity index (χ4n) is 2.62. The van der Waals surface area contributed by atoms with Crippen LogP contribution in [0, 0.1) is 0 Å². The summed E-state index contributed by atoms with van der Waals surface area (Å²) in [4.78, 5) is 11.6. The molecule has 118 valence electrons. The van der Waals surface area contributed by atoms with Crippen LogP contribution in [0.2, 0.25) is 0 Å². The highest BCUT2D eigenvalue weighted by Gasteiger charge is 2.16. The Bertz CT molecular complexity index is 374. The standard InChI is InChI=1S/C16H29N5/c1-19(2)10-5-7-17-9-11-20-12-14-21(15-13-20)16-6-3-4-8-18-16/h3-4,6,8,17H,5,7,9-15H2,1-2H3. The first-order valence-corrected chi connectivity index (χ1v) is 7.99. The highest BCUT2D eigenvalue weighted by Crippen LogP contribution is 2.11. The summed E-state index contributed by atoms with van der Waals surface area (Å²) >= 11 is 0. The largest absolute Gasteiger partial charge is 0.354 e. The molecule has 5 heteroatoms. The first-order chi connectivity index (χ1) is 10.3. The minimum absolute atomic E-state index is 1.08. The number of hydrogen-bond acceptors (Lipinski definition) is 5. The van der Waals surface area contributed by atoms with E-state index in [4.69, 9.17) is 0 Å². The van der Waals surface area contributed by atoms with Crippen molar-refractivity contribution in [1.82, 2.24) is 20.1 Å². The van der Waals surface area contributed by atoms with Crippen LogP contribution in [0.1, 0.15) is 6.42 Å². The second-order valence-electron chi connectivity index (χ2n) is 5.92. The van der Waals surface area contributed by atoms with Gasteiger partial charge in [0.25, 0.3) is 0 Å². The van der Waals surface area contributed by atoms with E-state index in [0.717, 1.165) is 58.2 Å². The molecule has 1 saturated heterocycles. The molecular weight excluding hydrogens is 262 g/mol. The summed E-state index contributed by atoms with van der Waals surface area (Å²) in [7, 11) is 4.25. The van der Waals surface area contributed by atoms with Gasteiger partial charge in [-0.1, -0.05) is 6.07 Å². The van der Waals surface area contributed by atoms with Crippen molar-refractivity contribution in [2.24, 2.45) is 0 Å². The number of pyridine rings is 1. The maximum atomic E-state index is 4.43. The molecule has 0 aliphatic carbocycles. The molecule has 0 amide bonds. The number of nitrogens with one attached hydrogen (secondary N) is 1. The van der Waals surface area contributed by atoms with Crippen molar-refractivity contribution < 1.29 is 0 Å². The van der Waals surface area contributed by atoms with Crippen LogP contribution in [0.3, 0.4) is 0 Å². The zero-order chi connectivity index (χ0) is 14.9. The molecule has 1 aliphatic heterocycles. The van der Waals surface area contributed by atoms with Gasteiger partial charge in [0.05, 0.1) is 0 Å². The Morgan fingerprint density at radius 2 is 1.95 bits per heavy atom. The van der Waals surface area contributed by atoms with Gasteiger partial charge in [-0.05, 0) is 45.7 Å². The molecule has 1 fully saturated rings. The van der Waals surface area contributed by atoms with Gasteiger partial charge in [0.2, 0.25) is 0 Å². The molecule has 5 nitrogen and oxygen atoms in total. The first-order valence-electron chi connectivity index (χ1n) is 7.99. The van der Waals surface area contributed by atoms with Crippen molar-refractivity contribution in [3.63, 3.8) is 0 Å². The average molecular weight is 291 g/mol. The molecule has 0 spiro atoms. The van der Waals surface area contributed by atoms with Crippen LogP contribution in [-0.2, 0) is 0 Å². The zero-order valence-corrected chi connectivity index (χ0v) is 13.5. The number of aromatic nitrogens is 1. The summed E-state index contributed by atoms with van der Waals surface area (Å²) in [5.74, 6) is 1.11. The van der Waals surface area contributed by atoms with Crippen LogP contribution < -0.4 is 10.2 Å². The van der Waals surface area contributed by atoms with E-state index >= 15 is 0 Å². The predicted octanol–water partition coefficient (Wildman–Crippen LogP) is 0.745. The van der Waals surface area contributed by atoms with Crippen molar-refractivity contribution in [1.29, 1.82) is 0 Å². The van der Waals surface area contributed by atoms with E-state index in [1.165, 1.54) is 6.42 Å². The summed E-state index contributed by atoms with van der Waals surface area (Å²) in [6.45, 7) is 8.96. The lowest BCUT2D eigenvalue weighted by molar-refractivity contribution is 0.256. The van der Waals surface area contributed by atoms with Gasteiger partial charge in [-0.15, -0.1) is 0 Å². The van der Waals surface area contributed by atoms with Crippen LogP contribution in [0.5, 0.6) is 0 Å². The van der Waals surface area contributed by atoms with Gasteiger partial charge in [0, 0.05) is 45.5 Å². The van der Waals surface area contributed by atoms with E-state index in [-0.39, 0.29) is 0 Å². The summed E-state index contributed by atoms with van der Waals surface area (Å²) in [5.41, 5.74) is 0. The lowest BCUT2D eigenvalue weighted by Crippen LogP contribution is -2.48. The highest BCUT2D eigenvalue weighted by molar-refractivity contribution is 5.38. The summed E-state index contributed by atoms with van der Waals surface area (Å²) in [5, 5.41) is 3.54. The maximum Gasteiger partial charge on any atom is 0.128 e. The van der Waals surface area contributed by atoms with Gasteiger partial charge in [-0.2, -0.15) is 0 Å². The maximum absolute atomic E-state index is 4.43. The van der Waals surface area contributed by atoms with Crippen molar-refractivity contribution in [3.05, 3.63) is 24.4 Å². The van der Waals surface area contributed by atoms with E-state index in [9.17, 15) is 0 Å². The lowest BCUT2D eigenvalue weighted by Gasteiger charge is -2.35. The Hall–Kier alpha value is -1.17. The fourth-order valence-corrected chi connectivity index (χ4v) is 2.62. The van der Waals surface area contributed by atoms with E-state index < -0.39 is 0 Å². The second kappa shape index (κ2) is 8.97. The van der Waals surface area contributed by atoms with Gasteiger partial charge in [0.15, 0.2) is 0 Å². The first kappa shape index (κ1) is 16.2. The molecule has 1 aromatic heterocycles. The lowest BCUT2D eigenvalue weighted by atomic mass is 10.3. The molecule has 1 aliphatic rings. The summed E-state index contributed by atoms with van der Waals surface area (Å²) in [6, 6.07) is 6.13. The average Bonchev–Trinajstić information content (AvgIpc) is 2.52. The van der Waals surface area contributed by atoms with Gasteiger partial charge in [-0.25, -0.2) is 4.98 Å². The third kappa shape index (κ3) is 5.99. The molecular formula is C16H29N5. The Balaban J connectivity index is 1.55. The molecule has 2 rings (SSSR count). The van der Waals surface area contributed by atoms with Crippen LogP contribution in [0.25, 0.3) is 0 Å². The molecule has 1 N–H and O–H groups in total. The monoisotopic (exact) mass is 291 g/mol. The molecule has 21 heavy (non-hydrogen) atoms. The quantitative estimate of drug-likeness (QED) is 0.715. The van der Waals surface area contributed by atoms with E-state index in [1.807, 2.05) is 12.3 Å². The molecule has 0 atom stereocenters. The second-order valence-corrected chi connectivity index (χ2v) is 5.92. The molecule has 2 heterocycles. The third-order valence-corrected chi connectivity index (χ3v) is 3.91. The van der Waals surface area contributed by atoms with Crippen LogP contribution in [0.4, 0.5) is 5.82 Å². The number of nitrogens with zero attached hydrogens (tertiary/aromatic N) is 4. The van der Waals surface area contributed by atoms with Crippen molar-refractivity contribution in [2.75, 3.05) is 71.4 Å². The molecule has 0 radical (unpaired) electrons. The van der Waals surface area contributed by atoms with Gasteiger partial charge in [-0.3, -0.25) is 4.90 Å². The highest BCUT2D eigenvalue weighted by atomic mass is 15.3. The molecule has 0 saturated carbocycles. The van der Waals surface area contributed by atoms with Crippen LogP contribution in [0.15, 0.2) is 24.4 Å².